The first kappa shape index (κ1) is 20.4. The van der Waals surface area contributed by atoms with Crippen LogP contribution in [0, 0.1) is 5.92 Å². The van der Waals surface area contributed by atoms with E-state index in [9.17, 15) is 19.8 Å². The maximum absolute atomic E-state index is 12.3. The number of aliphatic hydroxyl groups is 1. The van der Waals surface area contributed by atoms with E-state index in [2.05, 4.69) is 4.90 Å². The molecule has 154 valence electrons. The van der Waals surface area contributed by atoms with Crippen molar-refractivity contribution in [1.82, 2.24) is 14.7 Å². The Bertz CT molecular complexity index is 649. The molecule has 2 fully saturated rings. The van der Waals surface area contributed by atoms with Gasteiger partial charge in [0.15, 0.2) is 0 Å². The minimum Gasteiger partial charge on any atom is -0.465 e. The summed E-state index contributed by atoms with van der Waals surface area (Å²) in [4.78, 5) is 28.8. The number of amides is 2. The van der Waals surface area contributed by atoms with E-state index in [4.69, 9.17) is 4.74 Å². The van der Waals surface area contributed by atoms with Crippen molar-refractivity contribution in [2.45, 2.75) is 25.5 Å². The number of piperidine rings is 1. The molecule has 28 heavy (non-hydrogen) atoms. The number of aliphatic hydroxyl groups excluding tert-OH is 1. The van der Waals surface area contributed by atoms with E-state index in [1.54, 1.807) is 4.90 Å². The number of piperazine rings is 1. The second kappa shape index (κ2) is 9.75. The van der Waals surface area contributed by atoms with E-state index in [0.29, 0.717) is 38.6 Å². The number of ether oxygens (including phenoxy) is 1. The van der Waals surface area contributed by atoms with E-state index in [1.807, 2.05) is 30.3 Å². The summed E-state index contributed by atoms with van der Waals surface area (Å²) in [6.07, 6.45) is 0.575. The van der Waals surface area contributed by atoms with Gasteiger partial charge in [0.25, 0.3) is 0 Å². The molecule has 2 amide bonds. The molecule has 0 saturated carbocycles. The molecule has 2 aliphatic rings. The number of hydrogen-bond donors (Lipinski definition) is 2. The highest BCUT2D eigenvalue weighted by molar-refractivity contribution is 5.67. The van der Waals surface area contributed by atoms with Gasteiger partial charge in [-0.05, 0) is 24.3 Å². The van der Waals surface area contributed by atoms with Gasteiger partial charge in [-0.2, -0.15) is 0 Å². The Morgan fingerprint density at radius 3 is 2.43 bits per heavy atom. The molecule has 0 spiro atoms. The van der Waals surface area contributed by atoms with Crippen LogP contribution in [0.15, 0.2) is 30.3 Å². The monoisotopic (exact) mass is 391 g/mol. The number of carboxylic acid groups (broad SMARTS) is 1. The van der Waals surface area contributed by atoms with Crippen molar-refractivity contribution in [1.29, 1.82) is 0 Å². The summed E-state index contributed by atoms with van der Waals surface area (Å²) in [5.74, 6) is 0.467. The fraction of sp³-hybridized carbons (Fsp3) is 0.600. The normalized spacial score (nSPS) is 21.5. The summed E-state index contributed by atoms with van der Waals surface area (Å²) in [6, 6.07) is 9.28. The molecule has 8 nitrogen and oxygen atoms in total. The van der Waals surface area contributed by atoms with Gasteiger partial charge < -0.3 is 24.7 Å². The smallest absolute Gasteiger partial charge is 0.410 e. The van der Waals surface area contributed by atoms with Crippen LogP contribution in [0.1, 0.15) is 18.4 Å². The minimum atomic E-state index is -0.971. The Morgan fingerprint density at radius 2 is 1.79 bits per heavy atom. The van der Waals surface area contributed by atoms with Crippen LogP contribution in [0.25, 0.3) is 0 Å². The van der Waals surface area contributed by atoms with Crippen molar-refractivity contribution in [2.75, 3.05) is 45.9 Å². The average molecular weight is 391 g/mol. The first-order valence-corrected chi connectivity index (χ1v) is 9.85. The van der Waals surface area contributed by atoms with Crippen LogP contribution in [0.4, 0.5) is 9.59 Å². The largest absolute Gasteiger partial charge is 0.465 e. The van der Waals surface area contributed by atoms with Crippen LogP contribution >= 0.6 is 0 Å². The number of nitrogens with zero attached hydrogens (tertiary/aromatic N) is 3. The first-order chi connectivity index (χ1) is 13.6. The second-order valence-electron chi connectivity index (χ2n) is 7.54. The minimum absolute atomic E-state index is 0.158. The third kappa shape index (κ3) is 5.36. The lowest BCUT2D eigenvalue weighted by atomic mass is 9.96. The summed E-state index contributed by atoms with van der Waals surface area (Å²) in [6.45, 7) is 4.02. The van der Waals surface area contributed by atoms with Gasteiger partial charge in [-0.25, -0.2) is 9.59 Å². The molecule has 2 heterocycles. The van der Waals surface area contributed by atoms with E-state index < -0.39 is 6.09 Å². The zero-order valence-electron chi connectivity index (χ0n) is 16.1. The van der Waals surface area contributed by atoms with Gasteiger partial charge in [0.2, 0.25) is 0 Å². The average Bonchev–Trinajstić information content (AvgIpc) is 2.73. The lowest BCUT2D eigenvalue weighted by Crippen LogP contribution is -2.57. The third-order valence-corrected chi connectivity index (χ3v) is 5.62. The number of hydrogen-bond acceptors (Lipinski definition) is 5. The molecule has 0 bridgehead atoms. The maximum atomic E-state index is 12.3. The van der Waals surface area contributed by atoms with Gasteiger partial charge in [0.1, 0.15) is 6.61 Å². The first-order valence-electron chi connectivity index (χ1n) is 9.85. The summed E-state index contributed by atoms with van der Waals surface area (Å²) in [7, 11) is 0. The van der Waals surface area contributed by atoms with Gasteiger partial charge in [0.05, 0.1) is 12.6 Å². The van der Waals surface area contributed by atoms with Crippen LogP contribution in [0.5, 0.6) is 0 Å². The molecule has 1 aromatic rings. The highest BCUT2D eigenvalue weighted by Crippen LogP contribution is 2.21. The Labute approximate surface area is 165 Å². The van der Waals surface area contributed by atoms with E-state index in [1.165, 1.54) is 4.90 Å². The van der Waals surface area contributed by atoms with E-state index in [-0.39, 0.29) is 25.3 Å². The predicted octanol–water partition coefficient (Wildman–Crippen LogP) is 1.69. The SMILES string of the molecule is O=C(OCc1ccccc1)N1CCC(CN2CCN(C(=O)O)C(CO)C2)CC1. The molecule has 0 radical (unpaired) electrons. The fourth-order valence-electron chi connectivity index (χ4n) is 3.97. The molecule has 1 unspecified atom stereocenters. The van der Waals surface area contributed by atoms with Crippen molar-refractivity contribution in [3.8, 4) is 0 Å². The molecular weight excluding hydrogens is 362 g/mol. The topological polar surface area (TPSA) is 93.6 Å². The number of carbonyl (C=O) groups is 2. The zero-order valence-corrected chi connectivity index (χ0v) is 16.1. The van der Waals surface area contributed by atoms with Gasteiger partial charge in [-0.15, -0.1) is 0 Å². The summed E-state index contributed by atoms with van der Waals surface area (Å²) in [5, 5.41) is 18.7. The van der Waals surface area contributed by atoms with Gasteiger partial charge >= 0.3 is 12.2 Å². The molecule has 3 rings (SSSR count). The van der Waals surface area contributed by atoms with E-state index in [0.717, 1.165) is 24.9 Å². The zero-order chi connectivity index (χ0) is 19.9. The molecule has 8 heteroatoms. The third-order valence-electron chi connectivity index (χ3n) is 5.62. The summed E-state index contributed by atoms with van der Waals surface area (Å²) >= 11 is 0. The van der Waals surface area contributed by atoms with Crippen molar-refractivity contribution >= 4 is 12.2 Å². The molecule has 1 aromatic carbocycles. The molecule has 2 aliphatic heterocycles. The Hall–Kier alpha value is -2.32. The molecule has 2 N–H and O–H groups in total. The number of rotatable bonds is 5. The Balaban J connectivity index is 1.39. The lowest BCUT2D eigenvalue weighted by Gasteiger charge is -2.41. The lowest BCUT2D eigenvalue weighted by molar-refractivity contribution is 0.0297. The molecular formula is C20H29N3O5. The number of benzene rings is 1. The summed E-state index contributed by atoms with van der Waals surface area (Å²) < 4.78 is 5.40. The van der Waals surface area contributed by atoms with Crippen LogP contribution in [0.3, 0.4) is 0 Å². The Morgan fingerprint density at radius 1 is 1.07 bits per heavy atom. The fourth-order valence-corrected chi connectivity index (χ4v) is 3.97. The summed E-state index contributed by atoms with van der Waals surface area (Å²) in [5.41, 5.74) is 0.977. The van der Waals surface area contributed by atoms with Gasteiger partial charge in [-0.3, -0.25) is 4.90 Å². The maximum Gasteiger partial charge on any atom is 0.410 e. The van der Waals surface area contributed by atoms with Crippen molar-refractivity contribution < 1.29 is 24.5 Å². The number of carbonyl (C=O) groups excluding carboxylic acids is 1. The quantitative estimate of drug-likeness (QED) is 0.793. The molecule has 0 aliphatic carbocycles. The standard InChI is InChI=1S/C20H29N3O5/c24-14-18-13-21(10-11-23(18)19(25)26)12-16-6-8-22(9-7-16)20(27)28-15-17-4-2-1-3-5-17/h1-5,16,18,24H,6-15H2,(H,25,26). The molecule has 1 atom stereocenters. The van der Waals surface area contributed by atoms with Gasteiger partial charge in [0, 0.05) is 39.3 Å². The molecule has 0 aromatic heterocycles. The number of likely N-dealkylation sites (tertiary alicyclic amines) is 1. The van der Waals surface area contributed by atoms with Crippen molar-refractivity contribution in [2.24, 2.45) is 5.92 Å². The Kier molecular flexibility index (Phi) is 7.11. The van der Waals surface area contributed by atoms with Crippen LogP contribution < -0.4 is 0 Å². The van der Waals surface area contributed by atoms with Crippen LogP contribution in [-0.4, -0.2) is 89.0 Å². The predicted molar refractivity (Wildman–Crippen MR) is 103 cm³/mol. The van der Waals surface area contributed by atoms with Crippen molar-refractivity contribution in [3.63, 3.8) is 0 Å². The highest BCUT2D eigenvalue weighted by Gasteiger charge is 2.32. The van der Waals surface area contributed by atoms with Crippen LogP contribution in [-0.2, 0) is 11.3 Å². The van der Waals surface area contributed by atoms with Crippen molar-refractivity contribution in [3.05, 3.63) is 35.9 Å². The van der Waals surface area contributed by atoms with Gasteiger partial charge in [-0.1, -0.05) is 30.3 Å². The highest BCUT2D eigenvalue weighted by atomic mass is 16.6. The second-order valence-corrected chi connectivity index (χ2v) is 7.54. The van der Waals surface area contributed by atoms with E-state index >= 15 is 0 Å². The molecule has 2 saturated heterocycles. The van der Waals surface area contributed by atoms with Crippen LogP contribution in [0.2, 0.25) is 0 Å².